The van der Waals surface area contributed by atoms with Gasteiger partial charge in [-0.2, -0.15) is 0 Å². The second kappa shape index (κ2) is 9.96. The second-order valence-corrected chi connectivity index (χ2v) is 6.81. The van der Waals surface area contributed by atoms with Crippen LogP contribution in [-0.2, 0) is 16.1 Å². The Hall–Kier alpha value is -3.29. The molecule has 0 aliphatic heterocycles. The average molecular weight is 446 g/mol. The molecule has 0 saturated heterocycles. The minimum Gasteiger partial charge on any atom is -0.494 e. The second-order valence-electron chi connectivity index (χ2n) is 6.00. The minimum atomic E-state index is -0.835. The van der Waals surface area contributed by atoms with Crippen LogP contribution in [-0.4, -0.2) is 25.1 Å². The van der Waals surface area contributed by atoms with E-state index in [1.54, 1.807) is 37.6 Å². The van der Waals surface area contributed by atoms with Gasteiger partial charge in [0.05, 0.1) is 29.9 Å². The summed E-state index contributed by atoms with van der Waals surface area (Å²) in [6.45, 7) is 0.0378. The number of aliphatic imine (C=N–C) groups is 1. The van der Waals surface area contributed by atoms with E-state index >= 15 is 0 Å². The molecule has 0 spiro atoms. The quantitative estimate of drug-likeness (QED) is 0.428. The molecule has 0 saturated carbocycles. The number of hydrogen-bond donors (Lipinski definition) is 2. The van der Waals surface area contributed by atoms with E-state index in [-0.39, 0.29) is 11.6 Å². The molecule has 7 nitrogen and oxygen atoms in total. The van der Waals surface area contributed by atoms with Crippen LogP contribution in [0.5, 0.6) is 5.75 Å². The standard InChI is InChI=1S/C21H17Cl2N3O4/c1-29-19-5-3-2-4-18(19)24-11-14-7-8-15(30-14)12-25-20(27)21(28)26-13-6-9-16(22)17(23)10-13/h2-11H,12H2,1H3,(H,25,27)(H,26,28). The van der Waals surface area contributed by atoms with Crippen molar-refractivity contribution in [1.82, 2.24) is 5.32 Å². The number of amides is 2. The van der Waals surface area contributed by atoms with Crippen molar-refractivity contribution in [1.29, 1.82) is 0 Å². The van der Waals surface area contributed by atoms with Crippen LogP contribution in [0, 0.1) is 0 Å². The fourth-order valence-electron chi connectivity index (χ4n) is 2.44. The zero-order chi connectivity index (χ0) is 21.5. The Morgan fingerprint density at radius 3 is 2.63 bits per heavy atom. The molecule has 2 N–H and O–H groups in total. The van der Waals surface area contributed by atoms with Crippen LogP contribution in [0.2, 0.25) is 10.0 Å². The van der Waals surface area contributed by atoms with Crippen molar-refractivity contribution in [2.45, 2.75) is 6.54 Å². The monoisotopic (exact) mass is 445 g/mol. The Kier molecular flexibility index (Phi) is 7.11. The van der Waals surface area contributed by atoms with E-state index in [0.29, 0.717) is 33.7 Å². The number of furan rings is 1. The van der Waals surface area contributed by atoms with Crippen LogP contribution in [0.3, 0.4) is 0 Å². The third-order valence-electron chi connectivity index (χ3n) is 3.91. The number of halogens is 2. The van der Waals surface area contributed by atoms with E-state index in [1.165, 1.54) is 12.1 Å². The van der Waals surface area contributed by atoms with Gasteiger partial charge in [0.25, 0.3) is 0 Å². The molecule has 3 rings (SSSR count). The molecule has 0 atom stereocenters. The van der Waals surface area contributed by atoms with Gasteiger partial charge in [-0.3, -0.25) is 9.59 Å². The van der Waals surface area contributed by atoms with Crippen molar-refractivity contribution < 1.29 is 18.7 Å². The molecule has 1 heterocycles. The molecule has 0 bridgehead atoms. The fraction of sp³-hybridized carbons (Fsp3) is 0.0952. The van der Waals surface area contributed by atoms with Crippen molar-refractivity contribution in [2.75, 3.05) is 12.4 Å². The number of nitrogens with one attached hydrogen (secondary N) is 2. The Morgan fingerprint density at radius 2 is 1.87 bits per heavy atom. The van der Waals surface area contributed by atoms with Crippen molar-refractivity contribution in [2.24, 2.45) is 4.99 Å². The van der Waals surface area contributed by atoms with Crippen molar-refractivity contribution in [3.05, 3.63) is 76.2 Å². The van der Waals surface area contributed by atoms with Gasteiger partial charge in [0.1, 0.15) is 23.0 Å². The number of hydrogen-bond acceptors (Lipinski definition) is 5. The summed E-state index contributed by atoms with van der Waals surface area (Å²) in [6.07, 6.45) is 1.54. The third kappa shape index (κ3) is 5.62. The van der Waals surface area contributed by atoms with Gasteiger partial charge in [-0.05, 0) is 42.5 Å². The number of nitrogens with zero attached hydrogens (tertiary/aromatic N) is 1. The smallest absolute Gasteiger partial charge is 0.313 e. The van der Waals surface area contributed by atoms with Gasteiger partial charge in [-0.1, -0.05) is 35.3 Å². The molecule has 0 aliphatic carbocycles. The topological polar surface area (TPSA) is 92.9 Å². The van der Waals surface area contributed by atoms with Crippen LogP contribution in [0.4, 0.5) is 11.4 Å². The normalized spacial score (nSPS) is 10.8. The number of methoxy groups -OCH3 is 1. The zero-order valence-corrected chi connectivity index (χ0v) is 17.3. The summed E-state index contributed by atoms with van der Waals surface area (Å²) in [6, 6.07) is 15.2. The van der Waals surface area contributed by atoms with Crippen LogP contribution in [0.15, 0.2) is 64.0 Å². The molecule has 0 unspecified atom stereocenters. The SMILES string of the molecule is COc1ccccc1N=Cc1ccc(CNC(=O)C(=O)Nc2ccc(Cl)c(Cl)c2)o1. The Bertz CT molecular complexity index is 1100. The first-order valence-electron chi connectivity index (χ1n) is 8.76. The van der Waals surface area contributed by atoms with Crippen molar-refractivity contribution in [3.8, 4) is 5.75 Å². The lowest BCUT2D eigenvalue weighted by Gasteiger charge is -2.06. The molecule has 2 aromatic carbocycles. The van der Waals surface area contributed by atoms with Crippen LogP contribution >= 0.6 is 23.2 Å². The highest BCUT2D eigenvalue weighted by Crippen LogP contribution is 2.26. The lowest BCUT2D eigenvalue weighted by atomic mass is 10.3. The first-order valence-corrected chi connectivity index (χ1v) is 9.52. The number of rotatable bonds is 6. The molecule has 1 aromatic heterocycles. The van der Waals surface area contributed by atoms with Gasteiger partial charge < -0.3 is 19.8 Å². The maximum absolute atomic E-state index is 12.0. The van der Waals surface area contributed by atoms with E-state index in [9.17, 15) is 9.59 Å². The number of ether oxygens (including phenoxy) is 1. The molecule has 3 aromatic rings. The number of benzene rings is 2. The zero-order valence-electron chi connectivity index (χ0n) is 15.8. The first-order chi connectivity index (χ1) is 14.5. The highest BCUT2D eigenvalue weighted by atomic mass is 35.5. The van der Waals surface area contributed by atoms with Crippen LogP contribution in [0.25, 0.3) is 0 Å². The van der Waals surface area contributed by atoms with Gasteiger partial charge in [-0.15, -0.1) is 0 Å². The third-order valence-corrected chi connectivity index (χ3v) is 4.64. The van der Waals surface area contributed by atoms with Crippen LogP contribution < -0.4 is 15.4 Å². The molecular formula is C21H17Cl2N3O4. The summed E-state index contributed by atoms with van der Waals surface area (Å²) in [7, 11) is 1.57. The van der Waals surface area contributed by atoms with Gasteiger partial charge in [0.2, 0.25) is 0 Å². The number of carbonyl (C=O) groups is 2. The summed E-state index contributed by atoms with van der Waals surface area (Å²) in [4.78, 5) is 28.3. The molecule has 9 heteroatoms. The molecule has 154 valence electrons. The molecule has 0 aliphatic rings. The molecule has 0 radical (unpaired) electrons. The van der Waals surface area contributed by atoms with Gasteiger partial charge in [0.15, 0.2) is 0 Å². The van der Waals surface area contributed by atoms with E-state index in [1.807, 2.05) is 18.2 Å². The Morgan fingerprint density at radius 1 is 1.07 bits per heavy atom. The average Bonchev–Trinajstić information content (AvgIpc) is 3.21. The first kappa shape index (κ1) is 21.4. The highest BCUT2D eigenvalue weighted by molar-refractivity contribution is 6.42. The molecule has 30 heavy (non-hydrogen) atoms. The van der Waals surface area contributed by atoms with Gasteiger partial charge >= 0.3 is 11.8 Å². The highest BCUT2D eigenvalue weighted by Gasteiger charge is 2.14. The summed E-state index contributed by atoms with van der Waals surface area (Å²) in [5, 5.41) is 5.55. The largest absolute Gasteiger partial charge is 0.494 e. The molecule has 0 fully saturated rings. The molecular weight excluding hydrogens is 429 g/mol. The van der Waals surface area contributed by atoms with E-state index in [4.69, 9.17) is 32.4 Å². The predicted molar refractivity (Wildman–Crippen MR) is 116 cm³/mol. The fourth-order valence-corrected chi connectivity index (χ4v) is 2.74. The van der Waals surface area contributed by atoms with Gasteiger partial charge in [0, 0.05) is 5.69 Å². The van der Waals surface area contributed by atoms with Crippen LogP contribution in [0.1, 0.15) is 11.5 Å². The lowest BCUT2D eigenvalue weighted by Crippen LogP contribution is -2.34. The van der Waals surface area contributed by atoms with Crippen molar-refractivity contribution in [3.63, 3.8) is 0 Å². The maximum Gasteiger partial charge on any atom is 0.313 e. The Balaban J connectivity index is 1.54. The lowest BCUT2D eigenvalue weighted by molar-refractivity contribution is -0.136. The molecule has 2 amide bonds. The van der Waals surface area contributed by atoms with Gasteiger partial charge in [-0.25, -0.2) is 4.99 Å². The summed E-state index contributed by atoms with van der Waals surface area (Å²) >= 11 is 11.7. The van der Waals surface area contributed by atoms with E-state index < -0.39 is 11.8 Å². The predicted octanol–water partition coefficient (Wildman–Crippen LogP) is 4.60. The number of para-hydroxylation sites is 2. The Labute approximate surface area is 182 Å². The maximum atomic E-state index is 12.0. The van der Waals surface area contributed by atoms with E-state index in [0.717, 1.165) is 0 Å². The number of anilines is 1. The number of carbonyl (C=O) groups excluding carboxylic acids is 2. The summed E-state index contributed by atoms with van der Waals surface area (Å²) < 4.78 is 10.8. The van der Waals surface area contributed by atoms with Crippen molar-refractivity contribution >= 4 is 52.6 Å². The van der Waals surface area contributed by atoms with E-state index in [2.05, 4.69) is 15.6 Å². The minimum absolute atomic E-state index is 0.0378. The summed E-state index contributed by atoms with van der Waals surface area (Å²) in [5.41, 5.74) is 1.02. The summed E-state index contributed by atoms with van der Waals surface area (Å²) in [5.74, 6) is -0.0574.